The third kappa shape index (κ3) is 4.86. The Morgan fingerprint density at radius 3 is 2.26 bits per heavy atom. The van der Waals surface area contributed by atoms with Crippen LogP contribution in [0.3, 0.4) is 0 Å². The van der Waals surface area contributed by atoms with Crippen molar-refractivity contribution in [2.45, 2.75) is 39.5 Å². The number of carbonyl (C=O) groups excluding carboxylic acids is 2. The second kappa shape index (κ2) is 6.47. The molecule has 0 unspecified atom stereocenters. The van der Waals surface area contributed by atoms with E-state index >= 15 is 0 Å². The Balaban J connectivity index is 3.18. The number of rotatable bonds is 3. The molecule has 1 aromatic rings. The van der Waals surface area contributed by atoms with E-state index in [-0.39, 0.29) is 6.61 Å². The summed E-state index contributed by atoms with van der Waals surface area (Å²) >= 11 is 0. The summed E-state index contributed by atoms with van der Waals surface area (Å²) in [5, 5.41) is 0. The summed E-state index contributed by atoms with van der Waals surface area (Å²) < 4.78 is 53.0. The fourth-order valence-electron chi connectivity index (χ4n) is 1.39. The number of hydrogen-bond donors (Lipinski definition) is 0. The van der Waals surface area contributed by atoms with Gasteiger partial charge < -0.3 is 13.9 Å². The molecule has 0 spiro atoms. The molecule has 0 aliphatic carbocycles. The minimum absolute atomic E-state index is 0.145. The molecule has 0 saturated carbocycles. The monoisotopic (exact) mass is 338 g/mol. The maximum atomic E-state index is 12.9. The van der Waals surface area contributed by atoms with Crippen molar-refractivity contribution in [2.24, 2.45) is 0 Å². The summed E-state index contributed by atoms with van der Waals surface area (Å²) in [4.78, 5) is 27.2. The Morgan fingerprint density at radius 1 is 1.26 bits per heavy atom. The first-order valence-corrected chi connectivity index (χ1v) is 6.58. The lowest BCUT2D eigenvalue weighted by Gasteiger charge is -2.22. The van der Waals surface area contributed by atoms with Gasteiger partial charge in [-0.2, -0.15) is 18.2 Å². The van der Waals surface area contributed by atoms with Crippen molar-refractivity contribution in [1.82, 2.24) is 4.98 Å². The number of hydrogen-bond acceptors (Lipinski definition) is 6. The van der Waals surface area contributed by atoms with Gasteiger partial charge in [0, 0.05) is 7.05 Å². The molecule has 0 aliphatic heterocycles. The normalized spacial score (nSPS) is 12.0. The molecule has 0 N–H and O–H groups in total. The Bertz CT molecular complexity index is 589. The number of anilines is 1. The zero-order chi connectivity index (χ0) is 18.0. The van der Waals surface area contributed by atoms with Crippen LogP contribution in [0, 0.1) is 0 Å². The molecule has 0 atom stereocenters. The number of nitrogens with zero attached hydrogens (tertiary/aromatic N) is 2. The third-order valence-electron chi connectivity index (χ3n) is 2.30. The van der Waals surface area contributed by atoms with Gasteiger partial charge in [0.1, 0.15) is 5.60 Å². The van der Waals surface area contributed by atoms with E-state index in [1.807, 2.05) is 0 Å². The molecule has 0 aliphatic rings. The number of esters is 1. The van der Waals surface area contributed by atoms with Crippen LogP contribution >= 0.6 is 0 Å². The molecule has 10 heteroatoms. The van der Waals surface area contributed by atoms with Gasteiger partial charge in [0.05, 0.1) is 6.61 Å². The number of ether oxygens (including phenoxy) is 2. The summed E-state index contributed by atoms with van der Waals surface area (Å²) in [6.07, 6.45) is -5.93. The summed E-state index contributed by atoms with van der Waals surface area (Å²) in [5.41, 5.74) is -2.43. The van der Waals surface area contributed by atoms with Crippen LogP contribution < -0.4 is 4.90 Å². The van der Waals surface area contributed by atoms with Crippen molar-refractivity contribution in [3.8, 4) is 0 Å². The van der Waals surface area contributed by atoms with Crippen molar-refractivity contribution >= 4 is 18.1 Å². The summed E-state index contributed by atoms with van der Waals surface area (Å²) in [7, 11) is 1.11. The maximum Gasteiger partial charge on any atom is 0.437 e. The lowest BCUT2D eigenvalue weighted by molar-refractivity contribution is -0.141. The SMILES string of the molecule is CCOC(=O)c1oc(N(C)C(=O)OC(C)(C)C)nc1C(F)(F)F. The van der Waals surface area contributed by atoms with Crippen LogP contribution in [-0.4, -0.2) is 36.3 Å². The molecule has 1 aromatic heterocycles. The molecule has 23 heavy (non-hydrogen) atoms. The Hall–Kier alpha value is -2.26. The highest BCUT2D eigenvalue weighted by molar-refractivity contribution is 5.89. The van der Waals surface area contributed by atoms with E-state index in [0.29, 0.717) is 4.90 Å². The van der Waals surface area contributed by atoms with Crippen molar-refractivity contribution in [3.05, 3.63) is 11.5 Å². The van der Waals surface area contributed by atoms with E-state index in [4.69, 9.17) is 9.15 Å². The third-order valence-corrected chi connectivity index (χ3v) is 2.30. The Kier molecular flexibility index (Phi) is 5.28. The number of amides is 1. The quantitative estimate of drug-likeness (QED) is 0.787. The number of halogens is 3. The van der Waals surface area contributed by atoms with Gasteiger partial charge >= 0.3 is 24.3 Å². The predicted octanol–water partition coefficient (Wildman–Crippen LogP) is 3.24. The smallest absolute Gasteiger partial charge is 0.437 e. The minimum atomic E-state index is -4.95. The summed E-state index contributed by atoms with van der Waals surface area (Å²) in [5.74, 6) is -2.44. The highest BCUT2D eigenvalue weighted by atomic mass is 19.4. The minimum Gasteiger partial charge on any atom is -0.460 e. The fourth-order valence-corrected chi connectivity index (χ4v) is 1.39. The highest BCUT2D eigenvalue weighted by Gasteiger charge is 2.43. The topological polar surface area (TPSA) is 81.9 Å². The van der Waals surface area contributed by atoms with Gasteiger partial charge in [-0.15, -0.1) is 0 Å². The van der Waals surface area contributed by atoms with Gasteiger partial charge in [-0.1, -0.05) is 0 Å². The molecular weight excluding hydrogens is 321 g/mol. The van der Waals surface area contributed by atoms with E-state index < -0.39 is 41.3 Å². The molecule has 0 bridgehead atoms. The first kappa shape index (κ1) is 18.8. The molecule has 0 saturated heterocycles. The van der Waals surface area contributed by atoms with Crippen molar-refractivity contribution in [3.63, 3.8) is 0 Å². The first-order chi connectivity index (χ1) is 10.4. The average Bonchev–Trinajstić information content (AvgIpc) is 2.80. The van der Waals surface area contributed by atoms with Crippen LogP contribution in [-0.2, 0) is 15.7 Å². The molecule has 0 fully saturated rings. The van der Waals surface area contributed by atoms with Gasteiger partial charge in [-0.25, -0.2) is 14.5 Å². The molecule has 130 valence electrons. The van der Waals surface area contributed by atoms with Crippen molar-refractivity contribution in [2.75, 3.05) is 18.6 Å². The van der Waals surface area contributed by atoms with Crippen LogP contribution in [0.25, 0.3) is 0 Å². The van der Waals surface area contributed by atoms with Crippen LogP contribution in [0.1, 0.15) is 43.9 Å². The fraction of sp³-hybridized carbons (Fsp3) is 0.615. The second-order valence-electron chi connectivity index (χ2n) is 5.43. The van der Waals surface area contributed by atoms with E-state index in [0.717, 1.165) is 7.05 Å². The van der Waals surface area contributed by atoms with E-state index in [2.05, 4.69) is 9.72 Å². The van der Waals surface area contributed by atoms with Gasteiger partial charge in [-0.05, 0) is 27.7 Å². The van der Waals surface area contributed by atoms with Gasteiger partial charge in [0.25, 0.3) is 0 Å². The Morgan fingerprint density at radius 2 is 1.83 bits per heavy atom. The molecule has 1 heterocycles. The van der Waals surface area contributed by atoms with Gasteiger partial charge in [0.15, 0.2) is 5.69 Å². The van der Waals surface area contributed by atoms with E-state index in [1.165, 1.54) is 6.92 Å². The van der Waals surface area contributed by atoms with Gasteiger partial charge in [-0.3, -0.25) is 0 Å². The zero-order valence-corrected chi connectivity index (χ0v) is 13.3. The molecule has 0 radical (unpaired) electrons. The van der Waals surface area contributed by atoms with Gasteiger partial charge in [0.2, 0.25) is 5.76 Å². The molecule has 1 amide bonds. The van der Waals surface area contributed by atoms with Crippen molar-refractivity contribution < 1.29 is 36.7 Å². The lowest BCUT2D eigenvalue weighted by Crippen LogP contribution is -2.34. The molecular formula is C13H17F3N2O5. The number of carbonyl (C=O) groups is 2. The maximum absolute atomic E-state index is 12.9. The van der Waals surface area contributed by atoms with Crippen LogP contribution in [0.4, 0.5) is 24.0 Å². The molecule has 1 rings (SSSR count). The predicted molar refractivity (Wildman–Crippen MR) is 72.1 cm³/mol. The number of aromatic nitrogens is 1. The average molecular weight is 338 g/mol. The number of oxazole rings is 1. The largest absolute Gasteiger partial charge is 0.460 e. The Labute approximate surface area is 130 Å². The van der Waals surface area contributed by atoms with E-state index in [1.54, 1.807) is 20.8 Å². The van der Waals surface area contributed by atoms with Crippen LogP contribution in [0.2, 0.25) is 0 Å². The standard InChI is InChI=1S/C13H17F3N2O5/c1-6-21-9(19)7-8(13(14,15)16)17-10(22-7)18(5)11(20)23-12(2,3)4/h6H2,1-5H3. The van der Waals surface area contributed by atoms with Crippen molar-refractivity contribution in [1.29, 1.82) is 0 Å². The summed E-state index contributed by atoms with van der Waals surface area (Å²) in [6, 6.07) is -0.727. The van der Waals surface area contributed by atoms with E-state index in [9.17, 15) is 22.8 Å². The second-order valence-corrected chi connectivity index (χ2v) is 5.43. The number of alkyl halides is 3. The first-order valence-electron chi connectivity index (χ1n) is 6.58. The zero-order valence-electron chi connectivity index (χ0n) is 13.3. The van der Waals surface area contributed by atoms with Crippen LogP contribution in [0.5, 0.6) is 0 Å². The lowest BCUT2D eigenvalue weighted by atomic mass is 10.2. The molecule has 0 aromatic carbocycles. The van der Waals surface area contributed by atoms with Crippen LogP contribution in [0.15, 0.2) is 4.42 Å². The highest BCUT2D eigenvalue weighted by Crippen LogP contribution is 2.34. The molecule has 7 nitrogen and oxygen atoms in total. The summed E-state index contributed by atoms with van der Waals surface area (Å²) in [6.45, 7) is 6.03.